The summed E-state index contributed by atoms with van der Waals surface area (Å²) in [5, 5.41) is 8.65. The number of benzene rings is 1. The van der Waals surface area contributed by atoms with Crippen LogP contribution in [0.4, 0.5) is 5.69 Å². The van der Waals surface area contributed by atoms with Gasteiger partial charge in [0.2, 0.25) is 0 Å². The minimum atomic E-state index is 0.579. The number of aromatic nitrogens is 2. The van der Waals surface area contributed by atoms with Crippen molar-refractivity contribution in [3.63, 3.8) is 0 Å². The summed E-state index contributed by atoms with van der Waals surface area (Å²) in [6, 6.07) is 8.81. The minimum absolute atomic E-state index is 0.579. The number of H-pyrrole nitrogens is 1. The van der Waals surface area contributed by atoms with E-state index >= 15 is 0 Å². The van der Waals surface area contributed by atoms with E-state index in [1.54, 1.807) is 0 Å². The maximum absolute atomic E-state index is 6.01. The standard InChI is InChI=1S/C21H29ClN4/c1-16-15-26(18-10-8-17(22)9-11-18)14-13-25(16)12-4-7-21-19-5-2-3-6-20(19)23-24-21/h8-11,16H,2-7,12-15H2,1H3,(H,23,24). The molecule has 2 heterocycles. The summed E-state index contributed by atoms with van der Waals surface area (Å²) in [5.41, 5.74) is 5.53. The lowest BCUT2D eigenvalue weighted by molar-refractivity contribution is 0.187. The zero-order valence-electron chi connectivity index (χ0n) is 15.7. The molecule has 0 amide bonds. The molecule has 2 aliphatic rings. The number of rotatable bonds is 5. The van der Waals surface area contributed by atoms with Crippen molar-refractivity contribution in [3.05, 3.63) is 46.2 Å². The molecule has 1 fully saturated rings. The number of fused-ring (bicyclic) bond motifs is 1. The molecule has 0 bridgehead atoms. The molecule has 1 aliphatic carbocycles. The van der Waals surface area contributed by atoms with Crippen molar-refractivity contribution < 1.29 is 0 Å². The molecule has 140 valence electrons. The number of aromatic amines is 1. The molecule has 0 radical (unpaired) electrons. The Hall–Kier alpha value is -1.52. The van der Waals surface area contributed by atoms with Crippen molar-refractivity contribution in [1.82, 2.24) is 15.1 Å². The highest BCUT2D eigenvalue weighted by molar-refractivity contribution is 6.30. The largest absolute Gasteiger partial charge is 0.369 e. The Morgan fingerprint density at radius 2 is 1.96 bits per heavy atom. The Morgan fingerprint density at radius 3 is 2.77 bits per heavy atom. The van der Waals surface area contributed by atoms with Gasteiger partial charge in [0.05, 0.1) is 5.69 Å². The average Bonchev–Trinajstić information content (AvgIpc) is 3.07. The Balaban J connectivity index is 1.27. The van der Waals surface area contributed by atoms with E-state index in [1.165, 1.54) is 54.9 Å². The third kappa shape index (κ3) is 3.91. The van der Waals surface area contributed by atoms with Crippen molar-refractivity contribution >= 4 is 17.3 Å². The first-order valence-electron chi connectivity index (χ1n) is 10.0. The van der Waals surface area contributed by atoms with Crippen LogP contribution >= 0.6 is 11.6 Å². The number of nitrogens with zero attached hydrogens (tertiary/aromatic N) is 3. The fourth-order valence-electron chi connectivity index (χ4n) is 4.42. The number of nitrogens with one attached hydrogen (secondary N) is 1. The number of halogens is 1. The molecule has 1 aromatic carbocycles. The maximum Gasteiger partial charge on any atom is 0.0656 e. The summed E-state index contributed by atoms with van der Waals surface area (Å²) in [4.78, 5) is 5.11. The van der Waals surface area contributed by atoms with Crippen molar-refractivity contribution in [2.75, 3.05) is 31.1 Å². The molecule has 26 heavy (non-hydrogen) atoms. The van der Waals surface area contributed by atoms with Gasteiger partial charge in [0.15, 0.2) is 0 Å². The zero-order chi connectivity index (χ0) is 17.9. The van der Waals surface area contributed by atoms with Gasteiger partial charge in [-0.25, -0.2) is 0 Å². The molecule has 1 aromatic heterocycles. The van der Waals surface area contributed by atoms with Gasteiger partial charge in [0.1, 0.15) is 0 Å². The molecule has 2 aromatic rings. The summed E-state index contributed by atoms with van der Waals surface area (Å²) < 4.78 is 0. The molecule has 1 saturated heterocycles. The predicted molar refractivity (Wildman–Crippen MR) is 108 cm³/mol. The van der Waals surface area contributed by atoms with Gasteiger partial charge < -0.3 is 4.90 Å². The molecule has 1 aliphatic heterocycles. The Kier molecular flexibility index (Phi) is 5.51. The smallest absolute Gasteiger partial charge is 0.0656 e. The van der Waals surface area contributed by atoms with Crippen LogP contribution in [-0.2, 0) is 19.3 Å². The lowest BCUT2D eigenvalue weighted by Gasteiger charge is -2.41. The van der Waals surface area contributed by atoms with Crippen LogP contribution in [0.5, 0.6) is 0 Å². The topological polar surface area (TPSA) is 35.2 Å². The quantitative estimate of drug-likeness (QED) is 0.858. The molecule has 1 N–H and O–H groups in total. The highest BCUT2D eigenvalue weighted by atomic mass is 35.5. The molecule has 5 heteroatoms. The monoisotopic (exact) mass is 372 g/mol. The summed E-state index contributed by atoms with van der Waals surface area (Å²) in [7, 11) is 0. The van der Waals surface area contributed by atoms with Crippen molar-refractivity contribution in [3.8, 4) is 0 Å². The second-order valence-corrected chi connectivity index (χ2v) is 8.18. The molecule has 4 nitrogen and oxygen atoms in total. The van der Waals surface area contributed by atoms with Crippen LogP contribution in [0.25, 0.3) is 0 Å². The predicted octanol–water partition coefficient (Wildman–Crippen LogP) is 4.09. The van der Waals surface area contributed by atoms with E-state index in [2.05, 4.69) is 39.1 Å². The van der Waals surface area contributed by atoms with E-state index in [9.17, 15) is 0 Å². The highest BCUT2D eigenvalue weighted by Crippen LogP contribution is 2.24. The van der Waals surface area contributed by atoms with Crippen LogP contribution in [-0.4, -0.2) is 47.3 Å². The third-order valence-corrected chi connectivity index (χ3v) is 6.21. The SMILES string of the molecule is CC1CN(c2ccc(Cl)cc2)CCN1CCCc1[nH]nc2c1CCCC2. The fourth-order valence-corrected chi connectivity index (χ4v) is 4.55. The highest BCUT2D eigenvalue weighted by Gasteiger charge is 2.24. The van der Waals surface area contributed by atoms with Crippen LogP contribution in [0, 0.1) is 0 Å². The van der Waals surface area contributed by atoms with E-state index < -0.39 is 0 Å². The van der Waals surface area contributed by atoms with Crippen LogP contribution in [0.1, 0.15) is 43.1 Å². The Bertz CT molecular complexity index is 724. The molecular formula is C21H29ClN4. The second-order valence-electron chi connectivity index (χ2n) is 7.75. The average molecular weight is 373 g/mol. The van der Waals surface area contributed by atoms with Gasteiger partial charge >= 0.3 is 0 Å². The lowest BCUT2D eigenvalue weighted by Crippen LogP contribution is -2.52. The summed E-state index contributed by atoms with van der Waals surface area (Å²) in [6.45, 7) is 6.82. The molecule has 1 unspecified atom stereocenters. The maximum atomic E-state index is 6.01. The summed E-state index contributed by atoms with van der Waals surface area (Å²) >= 11 is 6.01. The molecule has 0 saturated carbocycles. The van der Waals surface area contributed by atoms with Gasteiger partial charge in [-0.2, -0.15) is 5.10 Å². The van der Waals surface area contributed by atoms with Crippen LogP contribution in [0.3, 0.4) is 0 Å². The molecule has 0 spiro atoms. The normalized spacial score (nSPS) is 21.0. The molecule has 1 atom stereocenters. The fraction of sp³-hybridized carbons (Fsp3) is 0.571. The van der Waals surface area contributed by atoms with Gasteiger partial charge in [-0.1, -0.05) is 11.6 Å². The van der Waals surface area contributed by atoms with E-state index in [4.69, 9.17) is 11.6 Å². The van der Waals surface area contributed by atoms with Crippen LogP contribution in [0.2, 0.25) is 5.02 Å². The Morgan fingerprint density at radius 1 is 1.15 bits per heavy atom. The minimum Gasteiger partial charge on any atom is -0.369 e. The van der Waals surface area contributed by atoms with Crippen LogP contribution < -0.4 is 4.90 Å². The number of hydrogen-bond acceptors (Lipinski definition) is 3. The number of hydrogen-bond donors (Lipinski definition) is 1. The van der Waals surface area contributed by atoms with Gasteiger partial charge in [-0.05, 0) is 81.8 Å². The first kappa shape index (κ1) is 17.9. The van der Waals surface area contributed by atoms with Crippen molar-refractivity contribution in [1.29, 1.82) is 0 Å². The molecular weight excluding hydrogens is 344 g/mol. The molecule has 4 rings (SSSR count). The van der Waals surface area contributed by atoms with Gasteiger partial charge in [0, 0.05) is 42.1 Å². The third-order valence-electron chi connectivity index (χ3n) is 5.96. The summed E-state index contributed by atoms with van der Waals surface area (Å²) in [6.07, 6.45) is 7.34. The number of anilines is 1. The number of piperazine rings is 1. The van der Waals surface area contributed by atoms with E-state index in [0.29, 0.717) is 6.04 Å². The lowest BCUT2D eigenvalue weighted by atomic mass is 9.94. The van der Waals surface area contributed by atoms with Crippen molar-refractivity contribution in [2.24, 2.45) is 0 Å². The van der Waals surface area contributed by atoms with Gasteiger partial charge in [0.25, 0.3) is 0 Å². The van der Waals surface area contributed by atoms with E-state index in [1.807, 2.05) is 12.1 Å². The zero-order valence-corrected chi connectivity index (χ0v) is 16.4. The first-order valence-corrected chi connectivity index (χ1v) is 10.4. The van der Waals surface area contributed by atoms with E-state index in [0.717, 1.165) is 37.5 Å². The van der Waals surface area contributed by atoms with Gasteiger partial charge in [-0.3, -0.25) is 10.00 Å². The Labute approximate surface area is 161 Å². The number of aryl methyl sites for hydroxylation is 2. The second kappa shape index (κ2) is 8.01. The summed E-state index contributed by atoms with van der Waals surface area (Å²) in [5.74, 6) is 0. The van der Waals surface area contributed by atoms with Crippen molar-refractivity contribution in [2.45, 2.75) is 51.5 Å². The first-order chi connectivity index (χ1) is 12.7. The van der Waals surface area contributed by atoms with Crippen LogP contribution in [0.15, 0.2) is 24.3 Å². The van der Waals surface area contributed by atoms with Gasteiger partial charge in [-0.15, -0.1) is 0 Å². The van der Waals surface area contributed by atoms with E-state index in [-0.39, 0.29) is 0 Å².